The number of pyridine rings is 1. The Kier molecular flexibility index (Phi) is 5.25. The van der Waals surface area contributed by atoms with Crippen molar-refractivity contribution in [3.63, 3.8) is 0 Å². The van der Waals surface area contributed by atoms with Crippen LogP contribution in [-0.4, -0.2) is 47.9 Å². The number of aromatic nitrogens is 4. The summed E-state index contributed by atoms with van der Waals surface area (Å²) < 4.78 is 16.5. The van der Waals surface area contributed by atoms with E-state index in [1.165, 1.54) is 4.90 Å². The lowest BCUT2D eigenvalue weighted by Gasteiger charge is -2.53. The molecule has 1 unspecified atom stereocenters. The summed E-state index contributed by atoms with van der Waals surface area (Å²) in [6.07, 6.45) is 2.88. The second-order valence-corrected chi connectivity index (χ2v) is 9.08. The fourth-order valence-electron chi connectivity index (χ4n) is 4.22. The number of carbonyl (C=O) groups is 1. The Bertz CT molecular complexity index is 1110. The standard InChI is InChI=1S/C21H24ClFN6O2/c1-20(2,3)21(9-5-7-10-28(21)19(30)31)26-18-24-16(15(23)17(22)25-18)14-12-13-8-4-6-11-29(13)27-14/h4,6,8,11-12H,5,7,9-10H2,1-3H3,(H,30,31)(H,24,25,26). The first-order valence-corrected chi connectivity index (χ1v) is 10.5. The smallest absolute Gasteiger partial charge is 0.409 e. The molecule has 0 radical (unpaired) electrons. The maximum Gasteiger partial charge on any atom is 0.409 e. The SMILES string of the molecule is CC(C)(C)C1(Nc2nc(Cl)c(F)c(-c3cc4ccccn4n3)n2)CCCCN1C(=O)O. The monoisotopic (exact) mass is 446 g/mol. The highest BCUT2D eigenvalue weighted by Gasteiger charge is 2.51. The molecule has 1 saturated heterocycles. The van der Waals surface area contributed by atoms with Gasteiger partial charge in [-0.25, -0.2) is 18.7 Å². The zero-order valence-corrected chi connectivity index (χ0v) is 18.3. The van der Waals surface area contributed by atoms with Crippen LogP contribution < -0.4 is 5.32 Å². The third kappa shape index (κ3) is 3.67. The van der Waals surface area contributed by atoms with Crippen LogP contribution in [0.1, 0.15) is 40.0 Å². The molecule has 4 heterocycles. The maximum atomic E-state index is 14.9. The maximum absolute atomic E-state index is 14.9. The molecule has 31 heavy (non-hydrogen) atoms. The first-order chi connectivity index (χ1) is 14.6. The summed E-state index contributed by atoms with van der Waals surface area (Å²) in [4.78, 5) is 21.9. The predicted octanol–water partition coefficient (Wildman–Crippen LogP) is 4.90. The molecule has 0 spiro atoms. The molecule has 8 nitrogen and oxygen atoms in total. The van der Waals surface area contributed by atoms with E-state index >= 15 is 0 Å². The number of anilines is 1. The number of hydrogen-bond acceptors (Lipinski definition) is 5. The van der Waals surface area contributed by atoms with Crippen LogP contribution in [0.2, 0.25) is 5.15 Å². The highest BCUT2D eigenvalue weighted by molar-refractivity contribution is 6.29. The summed E-state index contributed by atoms with van der Waals surface area (Å²) >= 11 is 6.11. The fraction of sp³-hybridized carbons (Fsp3) is 0.429. The summed E-state index contributed by atoms with van der Waals surface area (Å²) in [5.41, 5.74) is -0.447. The van der Waals surface area contributed by atoms with Gasteiger partial charge in [-0.3, -0.25) is 4.90 Å². The molecule has 1 atom stereocenters. The number of nitrogens with one attached hydrogen (secondary N) is 1. The Morgan fingerprint density at radius 3 is 2.74 bits per heavy atom. The second-order valence-electron chi connectivity index (χ2n) is 8.73. The van der Waals surface area contributed by atoms with Crippen LogP contribution in [0, 0.1) is 11.2 Å². The predicted molar refractivity (Wildman–Crippen MR) is 116 cm³/mol. The van der Waals surface area contributed by atoms with E-state index in [0.717, 1.165) is 18.4 Å². The van der Waals surface area contributed by atoms with E-state index in [9.17, 15) is 14.3 Å². The number of carboxylic acid groups (broad SMARTS) is 1. The van der Waals surface area contributed by atoms with Gasteiger partial charge in [0, 0.05) is 18.2 Å². The van der Waals surface area contributed by atoms with Crippen molar-refractivity contribution >= 4 is 29.2 Å². The minimum Gasteiger partial charge on any atom is -0.465 e. The summed E-state index contributed by atoms with van der Waals surface area (Å²) in [5, 5.41) is 17.1. The average molecular weight is 447 g/mol. The molecular weight excluding hydrogens is 423 g/mol. The number of hydrogen-bond donors (Lipinski definition) is 2. The van der Waals surface area contributed by atoms with Gasteiger partial charge in [-0.2, -0.15) is 10.1 Å². The number of rotatable bonds is 3. The zero-order valence-electron chi connectivity index (χ0n) is 17.6. The van der Waals surface area contributed by atoms with Crippen LogP contribution in [0.25, 0.3) is 16.9 Å². The molecule has 1 aliphatic heterocycles. The quantitative estimate of drug-likeness (QED) is 0.555. The van der Waals surface area contributed by atoms with Gasteiger partial charge in [0.25, 0.3) is 0 Å². The Morgan fingerprint density at radius 1 is 1.29 bits per heavy atom. The summed E-state index contributed by atoms with van der Waals surface area (Å²) in [6.45, 7) is 6.24. The summed E-state index contributed by atoms with van der Waals surface area (Å²) in [6, 6.07) is 7.22. The fourth-order valence-corrected chi connectivity index (χ4v) is 4.39. The van der Waals surface area contributed by atoms with Crippen LogP contribution in [0.3, 0.4) is 0 Å². The van der Waals surface area contributed by atoms with Crippen LogP contribution in [-0.2, 0) is 0 Å². The molecule has 1 amide bonds. The molecule has 4 rings (SSSR count). The van der Waals surface area contributed by atoms with E-state index in [1.807, 2.05) is 39.0 Å². The number of halogens is 2. The second kappa shape index (κ2) is 7.64. The largest absolute Gasteiger partial charge is 0.465 e. The average Bonchev–Trinajstić information content (AvgIpc) is 3.14. The van der Waals surface area contributed by atoms with E-state index in [-0.39, 0.29) is 16.8 Å². The van der Waals surface area contributed by atoms with Crippen molar-refractivity contribution in [1.82, 2.24) is 24.5 Å². The van der Waals surface area contributed by atoms with E-state index < -0.39 is 23.0 Å². The Morgan fingerprint density at radius 2 is 2.06 bits per heavy atom. The Labute approximate surface area is 184 Å². The molecule has 0 aromatic carbocycles. The Hall–Kier alpha value is -2.94. The molecule has 1 aliphatic rings. The van der Waals surface area contributed by atoms with Gasteiger partial charge in [-0.05, 0) is 37.5 Å². The van der Waals surface area contributed by atoms with Crippen LogP contribution in [0.5, 0.6) is 0 Å². The van der Waals surface area contributed by atoms with Gasteiger partial charge in [0.05, 0.1) is 5.52 Å². The van der Waals surface area contributed by atoms with Crippen LogP contribution in [0.4, 0.5) is 15.1 Å². The lowest BCUT2D eigenvalue weighted by Crippen LogP contribution is -2.66. The minimum atomic E-state index is -1.03. The number of likely N-dealkylation sites (tertiary alicyclic amines) is 1. The lowest BCUT2D eigenvalue weighted by molar-refractivity contribution is -0.00522. The molecule has 164 valence electrons. The molecule has 2 N–H and O–H groups in total. The van der Waals surface area contributed by atoms with Gasteiger partial charge in [0.2, 0.25) is 5.95 Å². The molecule has 0 aliphatic carbocycles. The summed E-state index contributed by atoms with van der Waals surface area (Å²) in [5.74, 6) is -0.722. The molecule has 1 fully saturated rings. The van der Waals surface area contributed by atoms with Gasteiger partial charge >= 0.3 is 6.09 Å². The molecule has 0 saturated carbocycles. The van der Waals surface area contributed by atoms with Gasteiger partial charge in [0.15, 0.2) is 11.0 Å². The molecule has 3 aromatic heterocycles. The van der Waals surface area contributed by atoms with Crippen molar-refractivity contribution in [3.8, 4) is 11.4 Å². The van der Waals surface area contributed by atoms with Crippen LogP contribution in [0.15, 0.2) is 30.5 Å². The van der Waals surface area contributed by atoms with E-state index in [4.69, 9.17) is 11.6 Å². The normalized spacial score (nSPS) is 19.6. The lowest BCUT2D eigenvalue weighted by atomic mass is 9.74. The number of piperidine rings is 1. The van der Waals surface area contributed by atoms with Crippen molar-refractivity contribution in [2.45, 2.75) is 45.7 Å². The van der Waals surface area contributed by atoms with Crippen molar-refractivity contribution in [2.75, 3.05) is 11.9 Å². The van der Waals surface area contributed by atoms with Gasteiger partial charge in [-0.1, -0.05) is 38.4 Å². The van der Waals surface area contributed by atoms with Crippen molar-refractivity contribution in [1.29, 1.82) is 0 Å². The van der Waals surface area contributed by atoms with Gasteiger partial charge in [-0.15, -0.1) is 0 Å². The Balaban J connectivity index is 1.81. The first kappa shape index (κ1) is 21.3. The minimum absolute atomic E-state index is 0.0482. The van der Waals surface area contributed by atoms with Crippen molar-refractivity contribution < 1.29 is 14.3 Å². The van der Waals surface area contributed by atoms with E-state index in [0.29, 0.717) is 18.7 Å². The van der Waals surface area contributed by atoms with E-state index in [2.05, 4.69) is 20.4 Å². The molecular formula is C21H24ClFN6O2. The van der Waals surface area contributed by atoms with Gasteiger partial charge < -0.3 is 10.4 Å². The molecule has 0 bridgehead atoms. The van der Waals surface area contributed by atoms with Gasteiger partial charge in [0.1, 0.15) is 17.1 Å². The highest BCUT2D eigenvalue weighted by Crippen LogP contribution is 2.43. The molecule has 3 aromatic rings. The van der Waals surface area contributed by atoms with E-state index in [1.54, 1.807) is 16.8 Å². The van der Waals surface area contributed by atoms with Crippen molar-refractivity contribution in [3.05, 3.63) is 41.4 Å². The third-order valence-corrected chi connectivity index (χ3v) is 6.10. The number of nitrogens with zero attached hydrogens (tertiary/aromatic N) is 5. The highest BCUT2D eigenvalue weighted by atomic mass is 35.5. The zero-order chi connectivity index (χ0) is 22.4. The number of amides is 1. The third-order valence-electron chi connectivity index (χ3n) is 5.84. The summed E-state index contributed by atoms with van der Waals surface area (Å²) in [7, 11) is 0. The number of fused-ring (bicyclic) bond motifs is 1. The first-order valence-electron chi connectivity index (χ1n) is 10.1. The molecule has 10 heteroatoms. The topological polar surface area (TPSA) is 95.7 Å². The van der Waals surface area contributed by atoms with Crippen molar-refractivity contribution in [2.24, 2.45) is 5.41 Å². The van der Waals surface area contributed by atoms with Crippen LogP contribution >= 0.6 is 11.6 Å².